The summed E-state index contributed by atoms with van der Waals surface area (Å²) in [4.78, 5) is 2.10. The van der Waals surface area contributed by atoms with Crippen molar-refractivity contribution in [2.75, 3.05) is 20.7 Å². The van der Waals surface area contributed by atoms with Crippen molar-refractivity contribution >= 4 is 0 Å². The van der Waals surface area contributed by atoms with Gasteiger partial charge in [-0.05, 0) is 38.4 Å². The molecule has 1 N–H and O–H groups in total. The predicted octanol–water partition coefficient (Wildman–Crippen LogP) is 3.02. The summed E-state index contributed by atoms with van der Waals surface area (Å²) in [6, 6.07) is 6.38. The number of methoxy groups -OCH3 is 1. The Kier molecular flexibility index (Phi) is 5.39. The van der Waals surface area contributed by atoms with Crippen molar-refractivity contribution in [3.63, 3.8) is 0 Å². The van der Waals surface area contributed by atoms with Crippen molar-refractivity contribution in [2.45, 2.75) is 45.8 Å². The van der Waals surface area contributed by atoms with Crippen LogP contribution < -0.4 is 4.74 Å². The molecule has 0 unspecified atom stereocenters. The van der Waals surface area contributed by atoms with E-state index in [9.17, 15) is 5.11 Å². The Morgan fingerprint density at radius 3 is 2.42 bits per heavy atom. The zero-order valence-electron chi connectivity index (χ0n) is 13.0. The number of benzene rings is 1. The monoisotopic (exact) mass is 265 g/mol. The molecule has 3 nitrogen and oxygen atoms in total. The van der Waals surface area contributed by atoms with Gasteiger partial charge in [-0.3, -0.25) is 4.90 Å². The molecule has 3 heteroatoms. The van der Waals surface area contributed by atoms with Crippen LogP contribution in [0.4, 0.5) is 0 Å². The van der Waals surface area contributed by atoms with Crippen LogP contribution in [0.15, 0.2) is 18.2 Å². The van der Waals surface area contributed by atoms with Crippen molar-refractivity contribution in [1.82, 2.24) is 4.90 Å². The molecule has 0 saturated carbocycles. The fourth-order valence-corrected chi connectivity index (χ4v) is 2.26. The maximum Gasteiger partial charge on any atom is 0.123 e. The zero-order chi connectivity index (χ0) is 14.6. The summed E-state index contributed by atoms with van der Waals surface area (Å²) in [6.45, 7) is 9.39. The van der Waals surface area contributed by atoms with Gasteiger partial charge in [0.25, 0.3) is 0 Å². The van der Waals surface area contributed by atoms with Crippen molar-refractivity contribution in [3.05, 3.63) is 29.3 Å². The minimum Gasteiger partial charge on any atom is -0.496 e. The van der Waals surface area contributed by atoms with Crippen LogP contribution in [0, 0.1) is 0 Å². The van der Waals surface area contributed by atoms with Crippen LogP contribution in [0.3, 0.4) is 0 Å². The Bertz CT molecular complexity index is 408. The summed E-state index contributed by atoms with van der Waals surface area (Å²) in [6.07, 6.45) is 0. The molecule has 0 heterocycles. The lowest BCUT2D eigenvalue weighted by molar-refractivity contribution is 0.0423. The van der Waals surface area contributed by atoms with Crippen LogP contribution in [-0.2, 0) is 6.54 Å². The average molecular weight is 265 g/mol. The van der Waals surface area contributed by atoms with Gasteiger partial charge in [-0.2, -0.15) is 0 Å². The maximum atomic E-state index is 9.84. The smallest absolute Gasteiger partial charge is 0.123 e. The number of nitrogens with zero attached hydrogens (tertiary/aromatic N) is 1. The molecule has 0 spiro atoms. The lowest BCUT2D eigenvalue weighted by atomic mass is 10.0. The number of aliphatic hydroxyl groups is 1. The molecule has 0 fully saturated rings. The molecular formula is C16H27NO2. The first kappa shape index (κ1) is 16.0. The number of ether oxygens (including phenoxy) is 1. The average Bonchev–Trinajstić information content (AvgIpc) is 2.26. The topological polar surface area (TPSA) is 32.7 Å². The highest BCUT2D eigenvalue weighted by Gasteiger charge is 2.17. The van der Waals surface area contributed by atoms with Crippen molar-refractivity contribution < 1.29 is 9.84 Å². The highest BCUT2D eigenvalue weighted by molar-refractivity contribution is 5.38. The van der Waals surface area contributed by atoms with E-state index in [4.69, 9.17) is 4.74 Å². The largest absolute Gasteiger partial charge is 0.496 e. The van der Waals surface area contributed by atoms with Gasteiger partial charge >= 0.3 is 0 Å². The minimum atomic E-state index is -0.681. The highest BCUT2D eigenvalue weighted by atomic mass is 16.5. The normalized spacial score (nSPS) is 12.3. The van der Waals surface area contributed by atoms with Gasteiger partial charge in [0.05, 0.1) is 12.7 Å². The van der Waals surface area contributed by atoms with E-state index in [0.717, 1.165) is 17.9 Å². The first-order valence-electron chi connectivity index (χ1n) is 6.80. The molecule has 0 saturated heterocycles. The molecule has 0 aliphatic rings. The maximum absolute atomic E-state index is 9.84. The van der Waals surface area contributed by atoms with E-state index in [1.165, 1.54) is 5.56 Å². The van der Waals surface area contributed by atoms with Gasteiger partial charge < -0.3 is 9.84 Å². The van der Waals surface area contributed by atoms with Crippen molar-refractivity contribution in [1.29, 1.82) is 0 Å². The van der Waals surface area contributed by atoms with Crippen LogP contribution in [0.5, 0.6) is 5.75 Å². The van der Waals surface area contributed by atoms with Crippen LogP contribution in [-0.4, -0.2) is 36.3 Å². The van der Waals surface area contributed by atoms with Gasteiger partial charge in [0, 0.05) is 18.7 Å². The third-order valence-corrected chi connectivity index (χ3v) is 3.07. The number of likely N-dealkylation sites (N-methyl/N-ethyl adjacent to an activating group) is 1. The van der Waals surface area contributed by atoms with Crippen LogP contribution in [0.1, 0.15) is 44.7 Å². The van der Waals surface area contributed by atoms with Gasteiger partial charge in [0.15, 0.2) is 0 Å². The molecule has 0 radical (unpaired) electrons. The number of rotatable bonds is 6. The van der Waals surface area contributed by atoms with Gasteiger partial charge in [-0.1, -0.05) is 26.0 Å². The van der Waals surface area contributed by atoms with Crippen LogP contribution in [0.2, 0.25) is 0 Å². The lowest BCUT2D eigenvalue weighted by Gasteiger charge is -2.26. The van der Waals surface area contributed by atoms with E-state index in [0.29, 0.717) is 12.5 Å². The van der Waals surface area contributed by atoms with Crippen molar-refractivity contribution in [2.24, 2.45) is 0 Å². The summed E-state index contributed by atoms with van der Waals surface area (Å²) in [5, 5.41) is 9.84. The Hall–Kier alpha value is -1.06. The summed E-state index contributed by atoms with van der Waals surface area (Å²) < 4.78 is 5.48. The molecule has 1 aromatic carbocycles. The summed E-state index contributed by atoms with van der Waals surface area (Å²) in [5.41, 5.74) is 1.75. The molecule has 1 rings (SSSR count). The fraction of sp³-hybridized carbons (Fsp3) is 0.625. The van der Waals surface area contributed by atoms with E-state index >= 15 is 0 Å². The Labute approximate surface area is 117 Å². The Morgan fingerprint density at radius 2 is 1.95 bits per heavy atom. The molecule has 108 valence electrons. The van der Waals surface area contributed by atoms with E-state index in [2.05, 4.69) is 36.9 Å². The van der Waals surface area contributed by atoms with E-state index in [-0.39, 0.29) is 0 Å². The SMILES string of the molecule is COc1cc(C(C)C)ccc1CN(C)CC(C)(C)O. The quantitative estimate of drug-likeness (QED) is 0.858. The van der Waals surface area contributed by atoms with E-state index in [1.807, 2.05) is 20.9 Å². The number of hydrogen-bond donors (Lipinski definition) is 1. The molecule has 0 aliphatic carbocycles. The minimum absolute atomic E-state index is 0.497. The number of hydrogen-bond acceptors (Lipinski definition) is 3. The summed E-state index contributed by atoms with van der Waals surface area (Å²) in [5.74, 6) is 1.42. The molecule has 0 atom stereocenters. The molecule has 0 aromatic heterocycles. The van der Waals surface area contributed by atoms with Crippen LogP contribution >= 0.6 is 0 Å². The van der Waals surface area contributed by atoms with Crippen LogP contribution in [0.25, 0.3) is 0 Å². The second-order valence-electron chi connectivity index (χ2n) is 6.21. The fourth-order valence-electron chi connectivity index (χ4n) is 2.26. The van der Waals surface area contributed by atoms with Gasteiger partial charge in [0.1, 0.15) is 5.75 Å². The van der Waals surface area contributed by atoms with Gasteiger partial charge in [-0.25, -0.2) is 0 Å². The molecule has 19 heavy (non-hydrogen) atoms. The molecule has 0 amide bonds. The molecular weight excluding hydrogens is 238 g/mol. The molecule has 0 aliphatic heterocycles. The predicted molar refractivity (Wildman–Crippen MR) is 79.7 cm³/mol. The Morgan fingerprint density at radius 1 is 1.32 bits per heavy atom. The Balaban J connectivity index is 2.83. The molecule has 1 aromatic rings. The highest BCUT2D eigenvalue weighted by Crippen LogP contribution is 2.25. The lowest BCUT2D eigenvalue weighted by Crippen LogP contribution is -2.35. The second kappa shape index (κ2) is 6.40. The van der Waals surface area contributed by atoms with Crippen molar-refractivity contribution in [3.8, 4) is 5.75 Å². The zero-order valence-corrected chi connectivity index (χ0v) is 13.0. The van der Waals surface area contributed by atoms with Gasteiger partial charge in [-0.15, -0.1) is 0 Å². The standard InChI is InChI=1S/C16H27NO2/c1-12(2)13-7-8-14(15(9-13)19-6)10-17(5)11-16(3,4)18/h7-9,12,18H,10-11H2,1-6H3. The first-order chi connectivity index (χ1) is 8.73. The van der Waals surface area contributed by atoms with E-state index in [1.54, 1.807) is 7.11 Å². The summed E-state index contributed by atoms with van der Waals surface area (Å²) in [7, 11) is 3.71. The van der Waals surface area contributed by atoms with E-state index < -0.39 is 5.60 Å². The second-order valence-corrected chi connectivity index (χ2v) is 6.21. The third-order valence-electron chi connectivity index (χ3n) is 3.07. The summed E-state index contributed by atoms with van der Waals surface area (Å²) >= 11 is 0. The first-order valence-corrected chi connectivity index (χ1v) is 6.80. The van der Waals surface area contributed by atoms with Gasteiger partial charge in [0.2, 0.25) is 0 Å². The third kappa shape index (κ3) is 5.21. The molecule has 0 bridgehead atoms.